The Hall–Kier alpha value is -0.980. The highest BCUT2D eigenvalue weighted by molar-refractivity contribution is 7.90. The molecule has 0 unspecified atom stereocenters. The van der Waals surface area contributed by atoms with E-state index < -0.39 is 10.2 Å². The number of anilines is 1. The summed E-state index contributed by atoms with van der Waals surface area (Å²) in [7, 11) is -0.631. The molecule has 0 bridgehead atoms. The van der Waals surface area contributed by atoms with Crippen LogP contribution < -0.4 is 9.46 Å². The van der Waals surface area contributed by atoms with E-state index in [9.17, 15) is 8.42 Å². The van der Waals surface area contributed by atoms with E-state index in [2.05, 4.69) is 4.72 Å². The highest BCUT2D eigenvalue weighted by Crippen LogP contribution is 2.28. The van der Waals surface area contributed by atoms with E-state index >= 15 is 0 Å². The monoisotopic (exact) mass is 292 g/mol. The number of ether oxygens (including phenoxy) is 1. The Bertz CT molecular complexity index is 515. The van der Waals surface area contributed by atoms with Gasteiger partial charge < -0.3 is 4.74 Å². The van der Waals surface area contributed by atoms with Crippen LogP contribution in [0, 0.1) is 0 Å². The number of rotatable bonds is 5. The van der Waals surface area contributed by atoms with E-state index in [-0.39, 0.29) is 6.10 Å². The summed E-state index contributed by atoms with van der Waals surface area (Å²) in [6, 6.07) is 4.75. The van der Waals surface area contributed by atoms with Gasteiger partial charge in [0.05, 0.1) is 16.8 Å². The smallest absolute Gasteiger partial charge is 0.301 e. The summed E-state index contributed by atoms with van der Waals surface area (Å²) in [6.45, 7) is 3.78. The van der Waals surface area contributed by atoms with Crippen molar-refractivity contribution in [3.63, 3.8) is 0 Å². The van der Waals surface area contributed by atoms with Crippen LogP contribution in [0.4, 0.5) is 5.69 Å². The molecule has 18 heavy (non-hydrogen) atoms. The molecule has 0 saturated heterocycles. The van der Waals surface area contributed by atoms with Gasteiger partial charge in [0.2, 0.25) is 0 Å². The van der Waals surface area contributed by atoms with Gasteiger partial charge in [-0.05, 0) is 32.0 Å². The Morgan fingerprint density at radius 1 is 1.33 bits per heavy atom. The van der Waals surface area contributed by atoms with E-state index in [1.165, 1.54) is 20.2 Å². The van der Waals surface area contributed by atoms with Gasteiger partial charge in [-0.1, -0.05) is 11.6 Å². The van der Waals surface area contributed by atoms with Crippen LogP contribution >= 0.6 is 11.6 Å². The van der Waals surface area contributed by atoms with E-state index in [1.54, 1.807) is 12.1 Å². The highest BCUT2D eigenvalue weighted by Gasteiger charge is 2.14. The Morgan fingerprint density at radius 3 is 2.39 bits per heavy atom. The molecule has 102 valence electrons. The zero-order valence-electron chi connectivity index (χ0n) is 10.8. The molecular weight excluding hydrogens is 276 g/mol. The van der Waals surface area contributed by atoms with Crippen LogP contribution in [0.2, 0.25) is 5.02 Å². The highest BCUT2D eigenvalue weighted by atomic mass is 35.5. The minimum Gasteiger partial charge on any atom is -0.489 e. The molecule has 5 nitrogen and oxygen atoms in total. The zero-order valence-corrected chi connectivity index (χ0v) is 12.3. The van der Waals surface area contributed by atoms with Crippen molar-refractivity contribution in [1.82, 2.24) is 4.31 Å². The summed E-state index contributed by atoms with van der Waals surface area (Å²) in [5.41, 5.74) is 0.393. The first-order valence-electron chi connectivity index (χ1n) is 5.39. The van der Waals surface area contributed by atoms with Crippen LogP contribution in [0.5, 0.6) is 5.75 Å². The van der Waals surface area contributed by atoms with E-state index in [0.29, 0.717) is 16.5 Å². The van der Waals surface area contributed by atoms with Crippen LogP contribution in [-0.2, 0) is 10.2 Å². The Kier molecular flexibility index (Phi) is 4.84. The van der Waals surface area contributed by atoms with E-state index in [1.807, 2.05) is 13.8 Å². The van der Waals surface area contributed by atoms with Crippen molar-refractivity contribution < 1.29 is 13.2 Å². The van der Waals surface area contributed by atoms with E-state index in [0.717, 1.165) is 4.31 Å². The van der Waals surface area contributed by atoms with Gasteiger partial charge in [0.25, 0.3) is 0 Å². The lowest BCUT2D eigenvalue weighted by molar-refractivity contribution is 0.242. The molecular formula is C11H17ClN2O3S. The Balaban J connectivity index is 2.92. The first kappa shape index (κ1) is 15.1. The Morgan fingerprint density at radius 2 is 1.94 bits per heavy atom. The molecule has 1 rings (SSSR count). The zero-order chi connectivity index (χ0) is 13.9. The van der Waals surface area contributed by atoms with Gasteiger partial charge >= 0.3 is 10.2 Å². The average Bonchev–Trinajstić information content (AvgIpc) is 2.21. The molecule has 0 radical (unpaired) electrons. The number of halogens is 1. The van der Waals surface area contributed by atoms with Crippen LogP contribution in [-0.4, -0.2) is 32.9 Å². The predicted octanol–water partition coefficient (Wildman–Crippen LogP) is 2.35. The summed E-state index contributed by atoms with van der Waals surface area (Å²) in [4.78, 5) is 0. The van der Waals surface area contributed by atoms with Crippen molar-refractivity contribution in [2.75, 3.05) is 18.8 Å². The first-order chi connectivity index (χ1) is 8.22. The molecule has 0 aliphatic rings. The lowest BCUT2D eigenvalue weighted by atomic mass is 10.3. The molecule has 0 aromatic heterocycles. The third-order valence-corrected chi connectivity index (χ3v) is 3.77. The lowest BCUT2D eigenvalue weighted by Crippen LogP contribution is -2.28. The van der Waals surface area contributed by atoms with Crippen LogP contribution in [0.3, 0.4) is 0 Å². The molecule has 7 heteroatoms. The van der Waals surface area contributed by atoms with Gasteiger partial charge in [-0.3, -0.25) is 4.72 Å². The van der Waals surface area contributed by atoms with Crippen LogP contribution in [0.25, 0.3) is 0 Å². The fourth-order valence-corrected chi connectivity index (χ4v) is 1.99. The van der Waals surface area contributed by atoms with Crippen molar-refractivity contribution in [3.05, 3.63) is 23.2 Å². The number of benzene rings is 1. The second-order valence-corrected chi connectivity index (χ2v) is 6.49. The second-order valence-electron chi connectivity index (χ2n) is 4.20. The number of nitrogens with zero attached hydrogens (tertiary/aromatic N) is 1. The molecule has 0 amide bonds. The second kappa shape index (κ2) is 5.77. The summed E-state index contributed by atoms with van der Waals surface area (Å²) in [5.74, 6) is 0.527. The molecule has 0 aliphatic heterocycles. The van der Waals surface area contributed by atoms with Gasteiger partial charge in [-0.2, -0.15) is 12.7 Å². The van der Waals surface area contributed by atoms with Gasteiger partial charge in [0.15, 0.2) is 0 Å². The number of hydrogen-bond donors (Lipinski definition) is 1. The lowest BCUT2D eigenvalue weighted by Gasteiger charge is -2.15. The van der Waals surface area contributed by atoms with Crippen molar-refractivity contribution in [3.8, 4) is 5.75 Å². The fourth-order valence-electron chi connectivity index (χ4n) is 1.15. The van der Waals surface area contributed by atoms with Gasteiger partial charge in [0, 0.05) is 14.1 Å². The topological polar surface area (TPSA) is 58.6 Å². The number of nitrogens with one attached hydrogen (secondary N) is 1. The number of hydrogen-bond acceptors (Lipinski definition) is 3. The largest absolute Gasteiger partial charge is 0.489 e. The minimum atomic E-state index is -3.52. The summed E-state index contributed by atoms with van der Waals surface area (Å²) in [6.07, 6.45) is 0.00631. The average molecular weight is 293 g/mol. The molecule has 0 atom stereocenters. The Labute approximate surface area is 113 Å². The molecule has 1 aromatic carbocycles. The maximum atomic E-state index is 11.6. The standard InChI is InChI=1S/C11H17ClN2O3S/c1-8(2)17-11-6-5-9(7-10(11)12)13-18(15,16)14(3)4/h5-8,13H,1-4H3. The minimum absolute atomic E-state index is 0.00631. The summed E-state index contributed by atoms with van der Waals surface area (Å²) >= 11 is 6.01. The van der Waals surface area contributed by atoms with Crippen LogP contribution in [0.15, 0.2) is 18.2 Å². The van der Waals surface area contributed by atoms with Gasteiger partial charge in [-0.25, -0.2) is 0 Å². The maximum Gasteiger partial charge on any atom is 0.301 e. The summed E-state index contributed by atoms with van der Waals surface area (Å²) < 4.78 is 32.2. The molecule has 0 fully saturated rings. The fraction of sp³-hybridized carbons (Fsp3) is 0.455. The van der Waals surface area contributed by atoms with Crippen molar-refractivity contribution >= 4 is 27.5 Å². The third kappa shape index (κ3) is 4.04. The van der Waals surface area contributed by atoms with Gasteiger partial charge in [-0.15, -0.1) is 0 Å². The maximum absolute atomic E-state index is 11.6. The first-order valence-corrected chi connectivity index (χ1v) is 7.20. The van der Waals surface area contributed by atoms with Crippen molar-refractivity contribution in [2.24, 2.45) is 0 Å². The molecule has 1 N–H and O–H groups in total. The van der Waals surface area contributed by atoms with Crippen LogP contribution in [0.1, 0.15) is 13.8 Å². The van der Waals surface area contributed by atoms with Gasteiger partial charge in [0.1, 0.15) is 5.75 Å². The SMILES string of the molecule is CC(C)Oc1ccc(NS(=O)(=O)N(C)C)cc1Cl. The molecule has 0 spiro atoms. The van der Waals surface area contributed by atoms with Crippen molar-refractivity contribution in [2.45, 2.75) is 20.0 Å². The summed E-state index contributed by atoms with van der Waals surface area (Å²) in [5, 5.41) is 0.364. The van der Waals surface area contributed by atoms with E-state index in [4.69, 9.17) is 16.3 Å². The molecule has 0 saturated carbocycles. The molecule has 0 aliphatic carbocycles. The molecule has 0 heterocycles. The third-order valence-electron chi connectivity index (χ3n) is 2.02. The quantitative estimate of drug-likeness (QED) is 0.906. The molecule has 1 aromatic rings. The normalized spacial score (nSPS) is 11.9. The van der Waals surface area contributed by atoms with Crippen molar-refractivity contribution in [1.29, 1.82) is 0 Å². The predicted molar refractivity (Wildman–Crippen MR) is 73.4 cm³/mol.